The van der Waals surface area contributed by atoms with Gasteiger partial charge >= 0.3 is 0 Å². The van der Waals surface area contributed by atoms with Gasteiger partial charge in [0.15, 0.2) is 5.78 Å². The van der Waals surface area contributed by atoms with Gasteiger partial charge in [0.05, 0.1) is 4.88 Å². The minimum absolute atomic E-state index is 0.0570. The normalized spacial score (nSPS) is 11.2. The molecule has 7 heteroatoms. The van der Waals surface area contributed by atoms with Crippen molar-refractivity contribution in [3.8, 4) is 0 Å². The molecule has 0 radical (unpaired) electrons. The number of Topliss-reactive ketones (excluding diaryl/α,β-unsaturated/α-hetero) is 1. The summed E-state index contributed by atoms with van der Waals surface area (Å²) in [5.74, 6) is 0.0812. The lowest BCUT2D eigenvalue weighted by atomic mass is 10.2. The third-order valence-electron chi connectivity index (χ3n) is 1.75. The molecule has 0 N–H and O–H groups in total. The van der Waals surface area contributed by atoms with Crippen LogP contribution in [0.2, 0.25) is 0 Å². The van der Waals surface area contributed by atoms with Gasteiger partial charge < -0.3 is 0 Å². The molecule has 0 amide bonds. The van der Waals surface area contributed by atoms with Crippen molar-refractivity contribution in [2.24, 2.45) is 5.11 Å². The van der Waals surface area contributed by atoms with Crippen LogP contribution in [0.5, 0.6) is 0 Å². The van der Waals surface area contributed by atoms with E-state index in [-0.39, 0.29) is 11.8 Å². The topological polar surface area (TPSA) is 82.9 Å². The summed E-state index contributed by atoms with van der Waals surface area (Å²) in [7, 11) is -0.611. The van der Waals surface area contributed by atoms with Crippen LogP contribution in [0.25, 0.3) is 10.4 Å². The lowest BCUT2D eigenvalue weighted by molar-refractivity contribution is 0.102. The van der Waals surface area contributed by atoms with Gasteiger partial charge in [0.25, 0.3) is 0 Å². The summed E-state index contributed by atoms with van der Waals surface area (Å²) in [6, 6.07) is 3.66. The molecule has 0 fully saturated rings. The molecule has 0 aliphatic heterocycles. The molecule has 0 bridgehead atoms. The Balaban J connectivity index is 0.000000631. The average molecular weight is 287 g/mol. The summed E-state index contributed by atoms with van der Waals surface area (Å²) in [6.07, 6.45) is 3.97. The Morgan fingerprint density at radius 2 is 2.11 bits per heavy atom. The zero-order valence-corrected chi connectivity index (χ0v) is 12.5. The molecule has 1 aromatic heterocycles. The second-order valence-corrected chi connectivity index (χ2v) is 6.47. The number of thiophene rings is 1. The van der Waals surface area contributed by atoms with E-state index in [1.807, 2.05) is 19.1 Å². The minimum Gasteiger partial charge on any atom is -0.294 e. The summed E-state index contributed by atoms with van der Waals surface area (Å²) in [5, 5.41) is 3.58. The monoisotopic (exact) mass is 287 g/mol. The average Bonchev–Trinajstić information content (AvgIpc) is 2.65. The summed E-state index contributed by atoms with van der Waals surface area (Å²) in [4.78, 5) is 15.6. The number of azide groups is 1. The Bertz CT molecular complexity index is 461. The Hall–Kier alpha value is -1.17. The molecule has 1 atom stereocenters. The number of hydrogen-bond donors (Lipinski definition) is 0. The fourth-order valence-electron chi connectivity index (χ4n) is 1.10. The molecule has 18 heavy (non-hydrogen) atoms. The molecular weight excluding hydrogens is 270 g/mol. The SMILES string of the molecule is CC(=O)c1ccc(CC(C)N=[N+]=[N-])s1.CS(C)=O. The largest absolute Gasteiger partial charge is 0.294 e. The third kappa shape index (κ3) is 8.00. The summed E-state index contributed by atoms with van der Waals surface area (Å²) >= 11 is 1.46. The highest BCUT2D eigenvalue weighted by atomic mass is 32.2. The van der Waals surface area contributed by atoms with Gasteiger partial charge in [-0.1, -0.05) is 12.0 Å². The van der Waals surface area contributed by atoms with Crippen LogP contribution in [0, 0.1) is 0 Å². The van der Waals surface area contributed by atoms with Gasteiger partial charge in [0.1, 0.15) is 0 Å². The van der Waals surface area contributed by atoms with E-state index in [0.29, 0.717) is 6.42 Å². The van der Waals surface area contributed by atoms with E-state index in [1.165, 1.54) is 11.3 Å². The van der Waals surface area contributed by atoms with Crippen molar-refractivity contribution in [3.05, 3.63) is 32.3 Å². The smallest absolute Gasteiger partial charge is 0.169 e. The van der Waals surface area contributed by atoms with Crippen molar-refractivity contribution >= 4 is 27.9 Å². The first-order valence-corrected chi connectivity index (χ1v) is 8.04. The molecule has 0 aliphatic carbocycles. The van der Waals surface area contributed by atoms with Crippen molar-refractivity contribution in [2.75, 3.05) is 12.5 Å². The molecule has 0 saturated carbocycles. The van der Waals surface area contributed by atoms with E-state index in [2.05, 4.69) is 10.0 Å². The maximum absolute atomic E-state index is 11.0. The Morgan fingerprint density at radius 3 is 2.50 bits per heavy atom. The molecule has 0 saturated heterocycles. The summed E-state index contributed by atoms with van der Waals surface area (Å²) in [5.41, 5.74) is 8.22. The first-order valence-electron chi connectivity index (χ1n) is 5.25. The molecule has 1 rings (SSSR count). The molecule has 1 heterocycles. The molecule has 1 unspecified atom stereocenters. The molecule has 100 valence electrons. The Labute approximate surface area is 113 Å². The molecular formula is C11H17N3O2S2. The predicted octanol–water partition coefficient (Wildman–Crippen LogP) is 3.19. The van der Waals surface area contributed by atoms with E-state index >= 15 is 0 Å². The van der Waals surface area contributed by atoms with E-state index in [0.717, 1.165) is 9.75 Å². The lowest BCUT2D eigenvalue weighted by Gasteiger charge is -1.99. The summed E-state index contributed by atoms with van der Waals surface area (Å²) < 4.78 is 9.56. The van der Waals surface area contributed by atoms with Gasteiger partial charge in [-0.05, 0) is 31.0 Å². The fraction of sp³-hybridized carbons (Fsp3) is 0.545. The standard InChI is InChI=1S/C9H11N3OS.C2H6OS/c1-6(11-12-10)5-8-3-4-9(14-8)7(2)13;1-4(2)3/h3-4,6H,5H2,1-2H3;1-2H3. The third-order valence-corrected chi connectivity index (χ3v) is 2.96. The Kier molecular flexibility index (Phi) is 8.28. The zero-order chi connectivity index (χ0) is 14.1. The van der Waals surface area contributed by atoms with Crippen LogP contribution in [0.3, 0.4) is 0 Å². The van der Waals surface area contributed by atoms with Crippen molar-refractivity contribution in [1.29, 1.82) is 0 Å². The van der Waals surface area contributed by atoms with Gasteiger partial charge in [-0.15, -0.1) is 11.3 Å². The number of carbonyl (C=O) groups is 1. The maximum atomic E-state index is 11.0. The number of nitrogens with zero attached hydrogens (tertiary/aromatic N) is 3. The van der Waals surface area contributed by atoms with Crippen molar-refractivity contribution in [1.82, 2.24) is 0 Å². The quantitative estimate of drug-likeness (QED) is 0.369. The second-order valence-electron chi connectivity index (χ2n) is 3.82. The van der Waals surface area contributed by atoms with E-state index in [4.69, 9.17) is 5.53 Å². The summed E-state index contributed by atoms with van der Waals surface area (Å²) in [6.45, 7) is 3.40. The highest BCUT2D eigenvalue weighted by Gasteiger charge is 2.06. The van der Waals surface area contributed by atoms with Crippen LogP contribution in [0.15, 0.2) is 17.2 Å². The van der Waals surface area contributed by atoms with Crippen LogP contribution in [0.1, 0.15) is 28.4 Å². The zero-order valence-electron chi connectivity index (χ0n) is 10.9. The minimum atomic E-state index is -0.611. The predicted molar refractivity (Wildman–Crippen MR) is 76.6 cm³/mol. The molecule has 0 aliphatic rings. The first kappa shape index (κ1) is 16.8. The highest BCUT2D eigenvalue weighted by molar-refractivity contribution is 7.83. The highest BCUT2D eigenvalue weighted by Crippen LogP contribution is 2.19. The van der Waals surface area contributed by atoms with E-state index in [9.17, 15) is 9.00 Å². The van der Waals surface area contributed by atoms with Crippen molar-refractivity contribution in [3.63, 3.8) is 0 Å². The Morgan fingerprint density at radius 1 is 1.56 bits per heavy atom. The maximum Gasteiger partial charge on any atom is 0.169 e. The van der Waals surface area contributed by atoms with Gasteiger partial charge in [-0.2, -0.15) is 0 Å². The van der Waals surface area contributed by atoms with Crippen molar-refractivity contribution in [2.45, 2.75) is 26.3 Å². The molecule has 0 aromatic carbocycles. The molecule has 0 spiro atoms. The van der Waals surface area contributed by atoms with Crippen LogP contribution < -0.4 is 0 Å². The van der Waals surface area contributed by atoms with Crippen LogP contribution in [0.4, 0.5) is 0 Å². The van der Waals surface area contributed by atoms with Crippen LogP contribution in [-0.4, -0.2) is 28.5 Å². The van der Waals surface area contributed by atoms with E-state index < -0.39 is 10.8 Å². The number of rotatable bonds is 4. The molecule has 5 nitrogen and oxygen atoms in total. The van der Waals surface area contributed by atoms with E-state index in [1.54, 1.807) is 19.4 Å². The van der Waals surface area contributed by atoms with Gasteiger partial charge in [0.2, 0.25) is 0 Å². The van der Waals surface area contributed by atoms with Crippen LogP contribution >= 0.6 is 11.3 Å². The number of carbonyl (C=O) groups excluding carboxylic acids is 1. The first-order chi connectivity index (χ1) is 8.36. The van der Waals surface area contributed by atoms with Crippen LogP contribution in [-0.2, 0) is 17.2 Å². The number of ketones is 1. The van der Waals surface area contributed by atoms with Gasteiger partial charge in [0, 0.05) is 39.1 Å². The van der Waals surface area contributed by atoms with Gasteiger partial charge in [-0.3, -0.25) is 9.00 Å². The second kappa shape index (κ2) is 8.85. The van der Waals surface area contributed by atoms with Crippen molar-refractivity contribution < 1.29 is 9.00 Å². The van der Waals surface area contributed by atoms with Gasteiger partial charge in [-0.25, -0.2) is 0 Å². The number of hydrogen-bond acceptors (Lipinski definition) is 4. The fourth-order valence-corrected chi connectivity index (χ4v) is 2.12. The molecule has 1 aromatic rings. The lowest BCUT2D eigenvalue weighted by Crippen LogP contribution is -1.99.